The topological polar surface area (TPSA) is 72.5 Å². The Kier molecular flexibility index (Phi) is 12.6. The summed E-state index contributed by atoms with van der Waals surface area (Å²) in [4.78, 5) is 17.7. The molecule has 0 aromatic carbocycles. The summed E-state index contributed by atoms with van der Waals surface area (Å²) >= 11 is 0. The summed E-state index contributed by atoms with van der Waals surface area (Å²) in [6.07, 6.45) is 2.98. The van der Waals surface area contributed by atoms with Crippen LogP contribution in [0.5, 0.6) is 0 Å². The fourth-order valence-electron chi connectivity index (χ4n) is 2.51. The average Bonchev–Trinajstić information content (AvgIpc) is 2.54. The Bertz CT molecular complexity index is 624. The summed E-state index contributed by atoms with van der Waals surface area (Å²) in [5.74, 6) is -0.448. The van der Waals surface area contributed by atoms with Crippen LogP contribution in [0.3, 0.4) is 0 Å². The second kappa shape index (κ2) is 12.5. The Morgan fingerprint density at radius 3 is 1.58 bits per heavy atom. The van der Waals surface area contributed by atoms with Crippen LogP contribution in [0, 0.1) is 0 Å². The molecule has 0 saturated carbocycles. The highest BCUT2D eigenvalue weighted by Crippen LogP contribution is 2.30. The average molecular weight is 571 g/mol. The van der Waals surface area contributed by atoms with E-state index in [4.69, 9.17) is 26.2 Å². The SMILES string of the molecule is CCC([SiH3])C=C(C)C(=O)OO[Si](C)(C)C(C)O[Si](O[Si](C)(C)C)(O[Si](C)(C)C)O[Si](C)(C)C. The predicted molar refractivity (Wildman–Crippen MR) is 152 cm³/mol. The third-order valence-corrected chi connectivity index (χ3v) is 19.4. The standard InChI is InChI=1S/C20H50O7Si6/c1-15-19(28)16-17(2)20(21)22-24-32(13,14)18(3)23-33(25-29(4,5)6,26-30(7,8)9)27-31(10,11)12/h16,18-19H,15H2,1-14,28H3. The lowest BCUT2D eigenvalue weighted by molar-refractivity contribution is -0.217. The van der Waals surface area contributed by atoms with Gasteiger partial charge in [-0.25, -0.2) is 9.37 Å². The van der Waals surface area contributed by atoms with Crippen LogP contribution in [0.1, 0.15) is 27.2 Å². The Hall–Kier alpha value is 0.311. The van der Waals surface area contributed by atoms with Gasteiger partial charge in [0.15, 0.2) is 25.0 Å². The molecular weight excluding hydrogens is 521 g/mol. The molecule has 0 bridgehead atoms. The molecule has 13 heteroatoms. The zero-order valence-electron chi connectivity index (χ0n) is 23.8. The van der Waals surface area contributed by atoms with Gasteiger partial charge in [0, 0.05) is 15.8 Å². The van der Waals surface area contributed by atoms with Gasteiger partial charge in [0.1, 0.15) is 0 Å². The minimum Gasteiger partial charge on any atom is -0.395 e. The Balaban J connectivity index is 5.79. The third-order valence-electron chi connectivity index (χ3n) is 4.43. The molecule has 2 atom stereocenters. The first kappa shape index (κ1) is 33.3. The van der Waals surface area contributed by atoms with Crippen LogP contribution in [0.4, 0.5) is 0 Å². The highest BCUT2D eigenvalue weighted by atomic mass is 28.5. The van der Waals surface area contributed by atoms with Gasteiger partial charge in [-0.3, -0.25) is 0 Å². The van der Waals surface area contributed by atoms with Crippen molar-refractivity contribution in [3.05, 3.63) is 11.6 Å². The molecule has 0 aliphatic rings. The fourth-order valence-corrected chi connectivity index (χ4v) is 16.6. The van der Waals surface area contributed by atoms with Gasteiger partial charge in [0.05, 0.1) is 5.73 Å². The lowest BCUT2D eigenvalue weighted by Gasteiger charge is -2.43. The van der Waals surface area contributed by atoms with Crippen LogP contribution in [0.25, 0.3) is 0 Å². The zero-order valence-corrected chi connectivity index (χ0v) is 30.8. The van der Waals surface area contributed by atoms with Crippen molar-refractivity contribution in [1.82, 2.24) is 0 Å². The van der Waals surface area contributed by atoms with Gasteiger partial charge in [0.2, 0.25) is 0 Å². The molecule has 2 unspecified atom stereocenters. The first-order valence-electron chi connectivity index (χ1n) is 11.9. The van der Waals surface area contributed by atoms with Gasteiger partial charge >= 0.3 is 15.0 Å². The molecule has 0 N–H and O–H groups in total. The van der Waals surface area contributed by atoms with E-state index in [2.05, 4.69) is 65.8 Å². The normalized spacial score (nSPS) is 16.6. The minimum atomic E-state index is -3.49. The summed E-state index contributed by atoms with van der Waals surface area (Å²) in [5.41, 5.74) is 0.630. The maximum Gasteiger partial charge on any atom is 0.647 e. The summed E-state index contributed by atoms with van der Waals surface area (Å²) in [6.45, 7) is 28.7. The van der Waals surface area contributed by atoms with Crippen LogP contribution < -0.4 is 0 Å². The van der Waals surface area contributed by atoms with Gasteiger partial charge < -0.3 is 21.7 Å². The number of carbonyl (C=O) groups is 1. The van der Waals surface area contributed by atoms with Crippen LogP contribution in [-0.2, 0) is 31.0 Å². The molecule has 196 valence electrons. The van der Waals surface area contributed by atoms with Crippen molar-refractivity contribution in [3.8, 4) is 0 Å². The van der Waals surface area contributed by atoms with Crippen molar-refractivity contribution >= 4 is 58.5 Å². The molecule has 0 heterocycles. The summed E-state index contributed by atoms with van der Waals surface area (Å²) in [7, 11) is -11.4. The third kappa shape index (κ3) is 14.5. The van der Waals surface area contributed by atoms with Gasteiger partial charge in [-0.15, -0.1) is 0 Å². The smallest absolute Gasteiger partial charge is 0.395 e. The summed E-state index contributed by atoms with van der Waals surface area (Å²) < 4.78 is 32.2. The van der Waals surface area contributed by atoms with Crippen molar-refractivity contribution in [1.29, 1.82) is 0 Å². The predicted octanol–water partition coefficient (Wildman–Crippen LogP) is 5.11. The highest BCUT2D eigenvalue weighted by molar-refractivity contribution is 6.88. The van der Waals surface area contributed by atoms with Crippen LogP contribution in [0.15, 0.2) is 11.6 Å². The first-order valence-corrected chi connectivity index (χ1v) is 27.9. The van der Waals surface area contributed by atoms with Crippen molar-refractivity contribution < 1.29 is 31.0 Å². The molecule has 33 heavy (non-hydrogen) atoms. The van der Waals surface area contributed by atoms with Gasteiger partial charge in [-0.05, 0) is 91.4 Å². The maximum absolute atomic E-state index is 12.4. The molecule has 0 radical (unpaired) electrons. The Morgan fingerprint density at radius 1 is 0.848 bits per heavy atom. The first-order chi connectivity index (χ1) is 14.5. The molecule has 0 amide bonds. The molecule has 0 fully saturated rings. The van der Waals surface area contributed by atoms with Crippen molar-refractivity contribution in [3.63, 3.8) is 0 Å². The maximum atomic E-state index is 12.4. The summed E-state index contributed by atoms with van der Waals surface area (Å²) in [5, 5.41) is 0. The van der Waals surface area contributed by atoms with Crippen molar-refractivity contribution in [2.24, 2.45) is 0 Å². The van der Waals surface area contributed by atoms with Gasteiger partial charge in [-0.1, -0.05) is 19.4 Å². The lowest BCUT2D eigenvalue weighted by Crippen LogP contribution is -2.65. The van der Waals surface area contributed by atoms with E-state index in [0.29, 0.717) is 11.1 Å². The molecule has 0 aromatic rings. The number of carbonyl (C=O) groups excluding carboxylic acids is 1. The van der Waals surface area contributed by atoms with Gasteiger partial charge in [-0.2, -0.15) is 0 Å². The van der Waals surface area contributed by atoms with Crippen molar-refractivity contribution in [2.45, 2.75) is 110 Å². The molecule has 0 saturated heterocycles. The van der Waals surface area contributed by atoms with Crippen LogP contribution in [-0.4, -0.2) is 64.3 Å². The molecule has 0 aliphatic carbocycles. The zero-order chi connectivity index (χ0) is 26.5. The van der Waals surface area contributed by atoms with Crippen molar-refractivity contribution in [2.75, 3.05) is 0 Å². The van der Waals surface area contributed by atoms with Gasteiger partial charge in [0.25, 0.3) is 8.32 Å². The lowest BCUT2D eigenvalue weighted by atomic mass is 10.2. The molecule has 0 spiro atoms. The number of rotatable bonds is 14. The van der Waals surface area contributed by atoms with E-state index in [-0.39, 0.29) is 5.73 Å². The minimum absolute atomic E-state index is 0.382. The number of hydrogen-bond donors (Lipinski definition) is 0. The molecule has 0 rings (SSSR count). The number of allylic oxidation sites excluding steroid dienone is 1. The van der Waals surface area contributed by atoms with E-state index in [1.165, 1.54) is 0 Å². The number of hydrogen-bond acceptors (Lipinski definition) is 7. The highest BCUT2D eigenvalue weighted by Gasteiger charge is 2.56. The van der Waals surface area contributed by atoms with Crippen LogP contribution >= 0.6 is 0 Å². The molecule has 0 aromatic heterocycles. The summed E-state index contributed by atoms with van der Waals surface area (Å²) in [6, 6.07) is 0. The second-order valence-electron chi connectivity index (χ2n) is 12.2. The second-order valence-corrected chi connectivity index (χ2v) is 34.2. The quantitative estimate of drug-likeness (QED) is 0.124. The largest absolute Gasteiger partial charge is 0.647 e. The van der Waals surface area contributed by atoms with E-state index in [0.717, 1.165) is 16.7 Å². The van der Waals surface area contributed by atoms with E-state index in [1.54, 1.807) is 6.92 Å². The molecular formula is C20H50O7Si6. The van der Waals surface area contributed by atoms with E-state index in [1.807, 2.05) is 26.1 Å². The van der Waals surface area contributed by atoms with Crippen LogP contribution in [0.2, 0.25) is 77.6 Å². The molecule has 7 nitrogen and oxygen atoms in total. The monoisotopic (exact) mass is 570 g/mol. The fraction of sp³-hybridized carbons (Fsp3) is 0.850. The van der Waals surface area contributed by atoms with E-state index in [9.17, 15) is 4.79 Å². The molecule has 0 aliphatic heterocycles. The van der Waals surface area contributed by atoms with E-state index >= 15 is 0 Å². The Labute approximate surface area is 211 Å². The Morgan fingerprint density at radius 2 is 1.24 bits per heavy atom. The van der Waals surface area contributed by atoms with E-state index < -0.39 is 48.3 Å².